The van der Waals surface area contributed by atoms with Crippen LogP contribution < -0.4 is 0 Å². The van der Waals surface area contributed by atoms with Crippen LogP contribution in [0, 0.1) is 10.1 Å². The molecule has 0 saturated carbocycles. The van der Waals surface area contributed by atoms with Crippen molar-refractivity contribution in [2.45, 2.75) is 26.7 Å². The van der Waals surface area contributed by atoms with Gasteiger partial charge in [-0.05, 0) is 22.0 Å². The van der Waals surface area contributed by atoms with Crippen molar-refractivity contribution in [1.82, 2.24) is 0 Å². The van der Waals surface area contributed by atoms with Crippen molar-refractivity contribution in [2.24, 2.45) is 0 Å². The van der Waals surface area contributed by atoms with Crippen LogP contribution in [0.25, 0.3) is 0 Å². The zero-order valence-corrected chi connectivity index (χ0v) is 10.9. The molecule has 1 aromatic rings. The molecule has 1 aromatic carbocycles. The predicted octanol–water partition coefficient (Wildman–Crippen LogP) is 3.73. The first kappa shape index (κ1) is 14.8. The van der Waals surface area contributed by atoms with E-state index in [4.69, 9.17) is 0 Å². The topological polar surface area (TPSA) is 60.2 Å². The second-order valence-electron chi connectivity index (χ2n) is 2.95. The van der Waals surface area contributed by atoms with E-state index in [1.807, 2.05) is 13.8 Å². The Bertz CT molecular complexity index is 360. The summed E-state index contributed by atoms with van der Waals surface area (Å²) in [6.07, 6.45) is 1.38. The number of carbonyl (C=O) groups is 1. The van der Waals surface area contributed by atoms with E-state index < -0.39 is 4.92 Å². The third-order valence-corrected chi connectivity index (χ3v) is 2.51. The Morgan fingerprint density at radius 2 is 1.81 bits per heavy atom. The van der Waals surface area contributed by atoms with Gasteiger partial charge < -0.3 is 0 Å². The number of hydrogen-bond acceptors (Lipinski definition) is 3. The fourth-order valence-corrected chi connectivity index (χ4v) is 1.28. The van der Waals surface area contributed by atoms with Gasteiger partial charge in [0.05, 0.1) is 9.40 Å². The lowest BCUT2D eigenvalue weighted by Crippen LogP contribution is -1.88. The van der Waals surface area contributed by atoms with Crippen molar-refractivity contribution in [3.63, 3.8) is 0 Å². The Balaban J connectivity index is 0.000000325. The number of ketones is 1. The molecule has 0 bridgehead atoms. The smallest absolute Gasteiger partial charge is 0.283 e. The number of Topliss-reactive ketones (excluding diaryl/α,β-unsaturated/α-hetero) is 1. The van der Waals surface area contributed by atoms with E-state index in [1.165, 1.54) is 6.07 Å². The lowest BCUT2D eigenvalue weighted by atomic mass is 10.3. The largest absolute Gasteiger partial charge is 0.300 e. The molecule has 0 N–H and O–H groups in total. The normalized spacial score (nSPS) is 8.94. The van der Waals surface area contributed by atoms with Crippen molar-refractivity contribution in [2.75, 3.05) is 0 Å². The number of nitro groups is 1. The maximum absolute atomic E-state index is 10.2. The molecule has 4 nitrogen and oxygen atoms in total. The molecule has 0 amide bonds. The standard InChI is InChI=1S/C6H4BrNO2.C5H10O/c7-5-3-1-2-4-6(5)8(9)10;1-3-5(6)4-2/h1-4H;3-4H2,1-2H3. The Morgan fingerprint density at radius 1 is 1.31 bits per heavy atom. The zero-order chi connectivity index (χ0) is 12.6. The molecule has 0 aliphatic carbocycles. The summed E-state index contributed by atoms with van der Waals surface area (Å²) in [4.78, 5) is 20.0. The highest BCUT2D eigenvalue weighted by atomic mass is 79.9. The van der Waals surface area contributed by atoms with E-state index in [1.54, 1.807) is 18.2 Å². The van der Waals surface area contributed by atoms with Gasteiger partial charge in [-0.2, -0.15) is 0 Å². The SMILES string of the molecule is CCC(=O)CC.O=[N+]([O-])c1ccccc1Br. The highest BCUT2D eigenvalue weighted by molar-refractivity contribution is 9.10. The molecule has 0 unspecified atom stereocenters. The van der Waals surface area contributed by atoms with Gasteiger partial charge in [0.2, 0.25) is 0 Å². The van der Waals surface area contributed by atoms with E-state index in [2.05, 4.69) is 15.9 Å². The van der Waals surface area contributed by atoms with Crippen molar-refractivity contribution >= 4 is 27.4 Å². The third-order valence-electron chi connectivity index (χ3n) is 1.84. The van der Waals surface area contributed by atoms with Crippen molar-refractivity contribution in [3.05, 3.63) is 38.9 Å². The van der Waals surface area contributed by atoms with Gasteiger partial charge in [-0.1, -0.05) is 26.0 Å². The van der Waals surface area contributed by atoms with Gasteiger partial charge in [-0.3, -0.25) is 14.9 Å². The van der Waals surface area contributed by atoms with Crippen LogP contribution >= 0.6 is 15.9 Å². The maximum atomic E-state index is 10.2. The van der Waals surface area contributed by atoms with E-state index in [0.29, 0.717) is 23.1 Å². The van der Waals surface area contributed by atoms with E-state index >= 15 is 0 Å². The van der Waals surface area contributed by atoms with Crippen LogP contribution in [0.1, 0.15) is 26.7 Å². The minimum absolute atomic E-state index is 0.0995. The summed E-state index contributed by atoms with van der Waals surface area (Å²) in [5.41, 5.74) is 0.0995. The first-order valence-electron chi connectivity index (χ1n) is 4.93. The van der Waals surface area contributed by atoms with Gasteiger partial charge in [0.1, 0.15) is 5.78 Å². The Labute approximate surface area is 103 Å². The highest BCUT2D eigenvalue weighted by Crippen LogP contribution is 2.22. The number of nitro benzene ring substituents is 1. The summed E-state index contributed by atoms with van der Waals surface area (Å²) in [6, 6.07) is 6.45. The van der Waals surface area contributed by atoms with Gasteiger partial charge in [-0.25, -0.2) is 0 Å². The van der Waals surface area contributed by atoms with Crippen LogP contribution in [0.4, 0.5) is 5.69 Å². The molecule has 0 spiro atoms. The molecule has 1 rings (SSSR count). The minimum Gasteiger partial charge on any atom is -0.300 e. The van der Waals surface area contributed by atoms with Gasteiger partial charge in [0.25, 0.3) is 5.69 Å². The Morgan fingerprint density at radius 3 is 2.06 bits per heavy atom. The predicted molar refractivity (Wildman–Crippen MR) is 66.4 cm³/mol. The number of para-hydroxylation sites is 1. The molecule has 0 aromatic heterocycles. The number of hydrogen-bond donors (Lipinski definition) is 0. The molecule has 0 saturated heterocycles. The average Bonchev–Trinajstić information content (AvgIpc) is 2.29. The number of nitrogens with zero attached hydrogens (tertiary/aromatic N) is 1. The fraction of sp³-hybridized carbons (Fsp3) is 0.364. The second kappa shape index (κ2) is 7.98. The van der Waals surface area contributed by atoms with Gasteiger partial charge in [0, 0.05) is 18.9 Å². The molecule has 0 aliphatic heterocycles. The number of rotatable bonds is 3. The molecule has 16 heavy (non-hydrogen) atoms. The minimum atomic E-state index is -0.427. The fourth-order valence-electron chi connectivity index (χ4n) is 0.850. The molecule has 0 heterocycles. The van der Waals surface area contributed by atoms with Gasteiger partial charge in [-0.15, -0.1) is 0 Å². The number of carbonyl (C=O) groups excluding carboxylic acids is 1. The summed E-state index contributed by atoms with van der Waals surface area (Å²) in [7, 11) is 0. The molecule has 0 atom stereocenters. The van der Waals surface area contributed by atoms with Crippen LogP contribution in [0.15, 0.2) is 28.7 Å². The molecule has 0 radical (unpaired) electrons. The molecule has 5 heteroatoms. The summed E-state index contributed by atoms with van der Waals surface area (Å²) in [6.45, 7) is 3.76. The lowest BCUT2D eigenvalue weighted by Gasteiger charge is -1.91. The quantitative estimate of drug-likeness (QED) is 0.629. The first-order chi connectivity index (χ1) is 7.52. The van der Waals surface area contributed by atoms with E-state index in [0.717, 1.165) is 0 Å². The second-order valence-corrected chi connectivity index (χ2v) is 3.81. The van der Waals surface area contributed by atoms with Crippen LogP contribution in [0.3, 0.4) is 0 Å². The van der Waals surface area contributed by atoms with Crippen LogP contribution in [-0.4, -0.2) is 10.7 Å². The maximum Gasteiger partial charge on any atom is 0.283 e. The van der Waals surface area contributed by atoms with E-state index in [9.17, 15) is 14.9 Å². The van der Waals surface area contributed by atoms with Crippen LogP contribution in [-0.2, 0) is 4.79 Å². The number of halogens is 1. The Kier molecular flexibility index (Phi) is 7.37. The summed E-state index contributed by atoms with van der Waals surface area (Å²) in [5, 5.41) is 10.2. The molecule has 88 valence electrons. The van der Waals surface area contributed by atoms with Crippen LogP contribution in [0.5, 0.6) is 0 Å². The summed E-state index contributed by atoms with van der Waals surface area (Å²) >= 11 is 3.06. The van der Waals surface area contributed by atoms with Gasteiger partial charge in [0.15, 0.2) is 0 Å². The average molecular weight is 288 g/mol. The van der Waals surface area contributed by atoms with Crippen molar-refractivity contribution in [3.8, 4) is 0 Å². The van der Waals surface area contributed by atoms with E-state index in [-0.39, 0.29) is 5.69 Å². The summed E-state index contributed by atoms with van der Waals surface area (Å²) < 4.78 is 0.514. The molecular weight excluding hydrogens is 274 g/mol. The van der Waals surface area contributed by atoms with Crippen molar-refractivity contribution in [1.29, 1.82) is 0 Å². The van der Waals surface area contributed by atoms with Crippen molar-refractivity contribution < 1.29 is 9.72 Å². The zero-order valence-electron chi connectivity index (χ0n) is 9.27. The molecule has 0 aliphatic rings. The third kappa shape index (κ3) is 5.60. The van der Waals surface area contributed by atoms with Gasteiger partial charge >= 0.3 is 0 Å². The first-order valence-corrected chi connectivity index (χ1v) is 5.72. The molecule has 0 fully saturated rings. The number of benzene rings is 1. The Hall–Kier alpha value is -1.23. The highest BCUT2D eigenvalue weighted by Gasteiger charge is 2.07. The molecular formula is C11H14BrNO3. The van der Waals surface area contributed by atoms with Crippen LogP contribution in [0.2, 0.25) is 0 Å². The lowest BCUT2D eigenvalue weighted by molar-refractivity contribution is -0.385. The summed E-state index contributed by atoms with van der Waals surface area (Å²) in [5.74, 6) is 0.343. The monoisotopic (exact) mass is 287 g/mol.